The Balaban J connectivity index is 1.50. The van der Waals surface area contributed by atoms with Crippen molar-refractivity contribution in [3.8, 4) is 0 Å². The molecule has 1 aromatic rings. The molecule has 0 heterocycles. The minimum absolute atomic E-state index is 0.712. The summed E-state index contributed by atoms with van der Waals surface area (Å²) in [7, 11) is 0. The van der Waals surface area contributed by atoms with E-state index in [1.165, 1.54) is 44.1 Å². The van der Waals surface area contributed by atoms with Gasteiger partial charge in [-0.25, -0.2) is 0 Å². The Bertz CT molecular complexity index is 366. The summed E-state index contributed by atoms with van der Waals surface area (Å²) < 4.78 is 0. The third kappa shape index (κ3) is 2.77. The smallest absolute Gasteiger partial charge is 0.0145 e. The van der Waals surface area contributed by atoms with E-state index in [1.807, 2.05) is 0 Å². The number of hydrogen-bond acceptors (Lipinski definition) is 1. The maximum Gasteiger partial charge on any atom is 0.0145 e. The van der Waals surface area contributed by atoms with Crippen LogP contribution < -0.4 is 5.32 Å². The van der Waals surface area contributed by atoms with E-state index >= 15 is 0 Å². The van der Waals surface area contributed by atoms with E-state index in [9.17, 15) is 0 Å². The van der Waals surface area contributed by atoms with Crippen molar-refractivity contribution in [2.75, 3.05) is 0 Å². The van der Waals surface area contributed by atoms with Gasteiger partial charge < -0.3 is 5.32 Å². The molecule has 1 heteroatoms. The molecule has 3 rings (SSSR count). The number of hydrogen-bond donors (Lipinski definition) is 1. The topological polar surface area (TPSA) is 12.0 Å². The monoisotopic (exact) mass is 243 g/mol. The average Bonchev–Trinajstić information content (AvgIpc) is 3.20. The Hall–Kier alpha value is -0.820. The minimum atomic E-state index is 0.712. The number of nitrogens with one attached hydrogen (secondary N) is 1. The van der Waals surface area contributed by atoms with Gasteiger partial charge in [-0.15, -0.1) is 0 Å². The standard InChI is InChI=1S/C17H25N/c1-13(14-8-4-2-5-9-14)18-17-12-16(17)15-10-6-3-7-11-15/h3,6-7,10-11,13-14,16-18H,2,4-5,8-9,12H2,1H3/t13?,16-,17+/m0/s1. The molecule has 0 spiro atoms. The SMILES string of the molecule is CC(N[C@@H]1C[C@H]1c1ccccc1)C1CCCCC1. The summed E-state index contributed by atoms with van der Waals surface area (Å²) in [6, 6.07) is 12.4. The molecule has 0 radical (unpaired) electrons. The van der Waals surface area contributed by atoms with Crippen molar-refractivity contribution in [1.82, 2.24) is 5.32 Å². The van der Waals surface area contributed by atoms with Crippen LogP contribution in [0.1, 0.15) is 56.9 Å². The van der Waals surface area contributed by atoms with Crippen LogP contribution >= 0.6 is 0 Å². The Kier molecular flexibility index (Phi) is 3.69. The summed E-state index contributed by atoms with van der Waals surface area (Å²) >= 11 is 0. The molecule has 2 aliphatic carbocycles. The molecule has 0 aromatic heterocycles. The van der Waals surface area contributed by atoms with Crippen molar-refractivity contribution < 1.29 is 0 Å². The second-order valence-corrected chi connectivity index (χ2v) is 6.21. The predicted molar refractivity (Wildman–Crippen MR) is 76.8 cm³/mol. The second kappa shape index (κ2) is 5.44. The zero-order valence-electron chi connectivity index (χ0n) is 11.4. The van der Waals surface area contributed by atoms with Crippen molar-refractivity contribution in [3.63, 3.8) is 0 Å². The maximum absolute atomic E-state index is 3.87. The first-order valence-electron chi connectivity index (χ1n) is 7.65. The molecule has 1 unspecified atom stereocenters. The highest BCUT2D eigenvalue weighted by Crippen LogP contribution is 2.41. The summed E-state index contributed by atoms with van der Waals surface area (Å²) in [5.41, 5.74) is 1.52. The maximum atomic E-state index is 3.87. The quantitative estimate of drug-likeness (QED) is 0.839. The summed E-state index contributed by atoms with van der Waals surface area (Å²) in [6.45, 7) is 2.40. The first-order valence-corrected chi connectivity index (χ1v) is 7.65. The molecular formula is C17H25N. The highest BCUT2D eigenvalue weighted by molar-refractivity contribution is 5.27. The third-order valence-corrected chi connectivity index (χ3v) is 4.85. The third-order valence-electron chi connectivity index (χ3n) is 4.85. The first-order chi connectivity index (χ1) is 8.84. The van der Waals surface area contributed by atoms with Crippen molar-refractivity contribution >= 4 is 0 Å². The molecular weight excluding hydrogens is 218 g/mol. The van der Waals surface area contributed by atoms with Crippen LogP contribution in [0.2, 0.25) is 0 Å². The van der Waals surface area contributed by atoms with Gasteiger partial charge >= 0.3 is 0 Å². The van der Waals surface area contributed by atoms with E-state index < -0.39 is 0 Å². The Morgan fingerprint density at radius 1 is 1.06 bits per heavy atom. The van der Waals surface area contributed by atoms with E-state index in [0.717, 1.165) is 17.9 Å². The lowest BCUT2D eigenvalue weighted by molar-refractivity contribution is 0.279. The lowest BCUT2D eigenvalue weighted by atomic mass is 9.84. The normalized spacial score (nSPS) is 30.1. The van der Waals surface area contributed by atoms with E-state index in [2.05, 4.69) is 42.6 Å². The van der Waals surface area contributed by atoms with Gasteiger partial charge in [0.2, 0.25) is 0 Å². The average molecular weight is 243 g/mol. The summed E-state index contributed by atoms with van der Waals surface area (Å²) in [6.07, 6.45) is 8.57. The van der Waals surface area contributed by atoms with E-state index in [1.54, 1.807) is 0 Å². The lowest BCUT2D eigenvalue weighted by Gasteiger charge is -2.28. The summed E-state index contributed by atoms with van der Waals surface area (Å²) in [5.74, 6) is 1.70. The Labute approximate surface area is 111 Å². The van der Waals surface area contributed by atoms with Crippen LogP contribution in [0.3, 0.4) is 0 Å². The van der Waals surface area contributed by atoms with Gasteiger partial charge in [0.1, 0.15) is 0 Å². The molecule has 0 amide bonds. The van der Waals surface area contributed by atoms with Gasteiger partial charge in [-0.05, 0) is 37.7 Å². The fourth-order valence-electron chi connectivity index (χ4n) is 3.56. The molecule has 2 saturated carbocycles. The van der Waals surface area contributed by atoms with Gasteiger partial charge in [-0.2, -0.15) is 0 Å². The molecule has 98 valence electrons. The van der Waals surface area contributed by atoms with Gasteiger partial charge in [-0.1, -0.05) is 49.6 Å². The highest BCUT2D eigenvalue weighted by Gasteiger charge is 2.39. The van der Waals surface area contributed by atoms with Gasteiger partial charge in [0.15, 0.2) is 0 Å². The molecule has 1 N–H and O–H groups in total. The van der Waals surface area contributed by atoms with Crippen LogP contribution in [0.4, 0.5) is 0 Å². The number of benzene rings is 1. The largest absolute Gasteiger partial charge is 0.311 e. The lowest BCUT2D eigenvalue weighted by Crippen LogP contribution is -2.36. The van der Waals surface area contributed by atoms with E-state index in [0.29, 0.717) is 6.04 Å². The van der Waals surface area contributed by atoms with E-state index in [4.69, 9.17) is 0 Å². The van der Waals surface area contributed by atoms with Gasteiger partial charge in [0, 0.05) is 18.0 Å². The van der Waals surface area contributed by atoms with Crippen molar-refractivity contribution in [2.24, 2.45) is 5.92 Å². The zero-order chi connectivity index (χ0) is 12.4. The number of rotatable bonds is 4. The molecule has 2 aliphatic rings. The fourth-order valence-corrected chi connectivity index (χ4v) is 3.56. The Morgan fingerprint density at radius 3 is 2.50 bits per heavy atom. The van der Waals surface area contributed by atoms with Gasteiger partial charge in [0.25, 0.3) is 0 Å². The molecule has 1 aromatic carbocycles. The molecule has 3 atom stereocenters. The predicted octanol–water partition coefficient (Wildman–Crippen LogP) is 4.10. The van der Waals surface area contributed by atoms with Crippen LogP contribution in [-0.2, 0) is 0 Å². The van der Waals surface area contributed by atoms with Crippen molar-refractivity contribution in [1.29, 1.82) is 0 Å². The van der Waals surface area contributed by atoms with Crippen molar-refractivity contribution in [2.45, 2.75) is 63.5 Å². The van der Waals surface area contributed by atoms with Crippen LogP contribution in [0.5, 0.6) is 0 Å². The van der Waals surface area contributed by atoms with Crippen molar-refractivity contribution in [3.05, 3.63) is 35.9 Å². The summed E-state index contributed by atoms with van der Waals surface area (Å²) in [5, 5.41) is 3.87. The molecule has 0 aliphatic heterocycles. The summed E-state index contributed by atoms with van der Waals surface area (Å²) in [4.78, 5) is 0. The highest BCUT2D eigenvalue weighted by atomic mass is 15.0. The van der Waals surface area contributed by atoms with Gasteiger partial charge in [0.05, 0.1) is 0 Å². The van der Waals surface area contributed by atoms with Gasteiger partial charge in [-0.3, -0.25) is 0 Å². The first kappa shape index (κ1) is 12.2. The fraction of sp³-hybridized carbons (Fsp3) is 0.647. The van der Waals surface area contributed by atoms with Crippen LogP contribution in [0.15, 0.2) is 30.3 Å². The van der Waals surface area contributed by atoms with Crippen LogP contribution in [0.25, 0.3) is 0 Å². The molecule has 0 saturated heterocycles. The molecule has 0 bridgehead atoms. The van der Waals surface area contributed by atoms with Crippen LogP contribution in [-0.4, -0.2) is 12.1 Å². The molecule has 1 nitrogen and oxygen atoms in total. The van der Waals surface area contributed by atoms with E-state index in [-0.39, 0.29) is 0 Å². The van der Waals surface area contributed by atoms with Crippen LogP contribution in [0, 0.1) is 5.92 Å². The zero-order valence-corrected chi connectivity index (χ0v) is 11.4. The molecule has 2 fully saturated rings. The second-order valence-electron chi connectivity index (χ2n) is 6.21. The Morgan fingerprint density at radius 2 is 1.78 bits per heavy atom. The minimum Gasteiger partial charge on any atom is -0.311 e. The molecule has 18 heavy (non-hydrogen) atoms.